The van der Waals surface area contributed by atoms with Gasteiger partial charge >= 0.3 is 0 Å². The number of hydrogen-bond acceptors (Lipinski definition) is 4. The second-order valence-electron chi connectivity index (χ2n) is 19.2. The van der Waals surface area contributed by atoms with Crippen molar-refractivity contribution in [3.63, 3.8) is 0 Å². The summed E-state index contributed by atoms with van der Waals surface area (Å²) in [5.41, 5.74) is 13.8. The van der Waals surface area contributed by atoms with Crippen LogP contribution in [0.3, 0.4) is 0 Å². The summed E-state index contributed by atoms with van der Waals surface area (Å²) < 4.78 is 70.2. The zero-order valence-electron chi connectivity index (χ0n) is 45.3. The number of para-hydroxylation sites is 2. The van der Waals surface area contributed by atoms with Crippen molar-refractivity contribution < 1.29 is 37.1 Å². The number of imidazole rings is 1. The van der Waals surface area contributed by atoms with Gasteiger partial charge < -0.3 is 14.0 Å². The van der Waals surface area contributed by atoms with Crippen LogP contribution in [0.4, 0.5) is 4.39 Å². The average molecular weight is 1080 g/mol. The fourth-order valence-corrected chi connectivity index (χ4v) is 9.76. The summed E-state index contributed by atoms with van der Waals surface area (Å²) in [6, 6.07) is 49.2. The van der Waals surface area contributed by atoms with Gasteiger partial charge in [-0.05, 0) is 124 Å². The van der Waals surface area contributed by atoms with Crippen molar-refractivity contribution in [3.05, 3.63) is 191 Å². The number of hydrogen-bond donors (Lipinski definition) is 0. The van der Waals surface area contributed by atoms with E-state index >= 15 is 0 Å². The van der Waals surface area contributed by atoms with Gasteiger partial charge in [0.05, 0.1) is 22.4 Å². The Morgan fingerprint density at radius 2 is 1.32 bits per heavy atom. The normalized spacial score (nSPS) is 15.3. The molecule has 1 aliphatic carbocycles. The Hall–Kier alpha value is -6.53. The number of aryl methyl sites for hydroxylation is 2. The smallest absolute Gasteiger partial charge is 0.121 e. The third-order valence-corrected chi connectivity index (χ3v) is 14.0. The van der Waals surface area contributed by atoms with Crippen molar-refractivity contribution in [2.75, 3.05) is 0 Å². The fourth-order valence-electron chi connectivity index (χ4n) is 9.76. The molecule has 0 saturated heterocycles. The summed E-state index contributed by atoms with van der Waals surface area (Å²) in [6.45, 7) is 12.5. The Balaban J connectivity index is 0.000000281. The number of pyridine rings is 2. The summed E-state index contributed by atoms with van der Waals surface area (Å²) >= 11 is 0. The predicted octanol–water partition coefficient (Wildman–Crippen LogP) is 16.2. The largest absolute Gasteiger partial charge is 0.501 e. The van der Waals surface area contributed by atoms with E-state index in [4.69, 9.17) is 17.6 Å². The zero-order chi connectivity index (χ0) is 51.9. The van der Waals surface area contributed by atoms with Crippen LogP contribution in [0.5, 0.6) is 0 Å². The Kier molecular flexibility index (Phi) is 10.4. The van der Waals surface area contributed by atoms with Crippen LogP contribution in [0.15, 0.2) is 144 Å². The molecule has 0 N–H and O–H groups in total. The average Bonchev–Trinajstić information content (AvgIpc) is 3.94. The molecule has 0 unspecified atom stereocenters. The molecule has 10 aromatic rings. The van der Waals surface area contributed by atoms with Gasteiger partial charge in [-0.15, -0.1) is 47.5 Å². The minimum absolute atomic E-state index is 0. The van der Waals surface area contributed by atoms with Crippen LogP contribution in [0.25, 0.3) is 83.6 Å². The molecule has 1 radical (unpaired) electrons. The predicted molar refractivity (Wildman–Crippen MR) is 273 cm³/mol. The van der Waals surface area contributed by atoms with E-state index in [-0.39, 0.29) is 60.0 Å². The minimum Gasteiger partial charge on any atom is -0.501 e. The summed E-state index contributed by atoms with van der Waals surface area (Å²) in [7, 11) is 0. The van der Waals surface area contributed by atoms with Gasteiger partial charge in [0.1, 0.15) is 5.58 Å². The first-order valence-corrected chi connectivity index (χ1v) is 22.8. The Morgan fingerprint density at radius 3 is 2.03 bits per heavy atom. The van der Waals surface area contributed by atoms with E-state index in [9.17, 15) is 4.39 Å². The first-order valence-electron chi connectivity index (χ1n) is 25.8. The van der Waals surface area contributed by atoms with Crippen LogP contribution >= 0.6 is 0 Å². The van der Waals surface area contributed by atoms with Crippen LogP contribution in [-0.4, -0.2) is 19.5 Å². The number of rotatable bonds is 6. The maximum absolute atomic E-state index is 13.6. The van der Waals surface area contributed by atoms with Crippen molar-refractivity contribution in [1.82, 2.24) is 19.5 Å². The van der Waals surface area contributed by atoms with Crippen LogP contribution in [-0.2, 0) is 30.9 Å². The molecule has 1 aliphatic rings. The van der Waals surface area contributed by atoms with E-state index in [1.807, 2.05) is 60.7 Å². The molecule has 7 heteroatoms. The third kappa shape index (κ3) is 7.90. The molecule has 0 saturated carbocycles. The third-order valence-electron chi connectivity index (χ3n) is 14.0. The maximum Gasteiger partial charge on any atom is 0.121 e. The summed E-state index contributed by atoms with van der Waals surface area (Å²) in [4.78, 5) is 13.7. The standard InChI is InChI=1S/C44H38N3O.C17H17FN.Ir/c1-26(2)37-23-33(30-13-8-7-9-14-30)24-38(27(3)4)42(37)47-40-18-11-10-17-39(40)46-44(47)36-16-12-15-35-34-20-19-31(25-41(34)48-43(35)36)32-21-28(5)45-29(6)22-32;1-16(2)13-6-5-9-19-15(13)12-8-7-11(18)10-14(12)17(16,3)4;/h7-15,17-27H,1-6H3;5-7,9-10H,1-4H3;/q2*-1;/i5D3,6D3;;. The number of fused-ring (bicyclic) bond motifs is 7. The van der Waals surface area contributed by atoms with Gasteiger partial charge in [-0.25, -0.2) is 0 Å². The van der Waals surface area contributed by atoms with Gasteiger partial charge in [0.15, 0.2) is 0 Å². The molecule has 0 atom stereocenters. The molecule has 0 fully saturated rings. The molecule has 4 heterocycles. The molecule has 0 amide bonds. The molecule has 5 nitrogen and oxygen atoms in total. The van der Waals surface area contributed by atoms with E-state index in [0.717, 1.165) is 44.3 Å². The van der Waals surface area contributed by atoms with Crippen LogP contribution in [0.2, 0.25) is 0 Å². The second-order valence-corrected chi connectivity index (χ2v) is 19.2. The van der Waals surface area contributed by atoms with Crippen molar-refractivity contribution in [3.8, 4) is 50.6 Å². The van der Waals surface area contributed by atoms with E-state index < -0.39 is 13.7 Å². The number of furan rings is 1. The first kappa shape index (κ1) is 39.5. The van der Waals surface area contributed by atoms with Crippen LogP contribution < -0.4 is 0 Å². The fraction of sp³-hybridized carbons (Fsp3) is 0.230. The number of aromatic nitrogens is 4. The Morgan fingerprint density at radius 1 is 0.647 bits per heavy atom. The van der Waals surface area contributed by atoms with Gasteiger partial charge in [-0.3, -0.25) is 14.4 Å². The summed E-state index contributed by atoms with van der Waals surface area (Å²) in [5, 5.41) is 1.73. The molecule has 343 valence electrons. The molecule has 68 heavy (non-hydrogen) atoms. The molecule has 4 aromatic heterocycles. The molecule has 11 rings (SSSR count). The van der Waals surface area contributed by atoms with Gasteiger partial charge in [-0.1, -0.05) is 133 Å². The van der Waals surface area contributed by atoms with Crippen molar-refractivity contribution in [2.45, 2.75) is 91.8 Å². The van der Waals surface area contributed by atoms with Gasteiger partial charge in [-0.2, -0.15) is 0 Å². The Labute approximate surface area is 421 Å². The zero-order valence-corrected chi connectivity index (χ0v) is 41.7. The first-order chi connectivity index (χ1) is 34.5. The van der Waals surface area contributed by atoms with Crippen LogP contribution in [0.1, 0.15) is 109 Å². The molecule has 0 bridgehead atoms. The summed E-state index contributed by atoms with van der Waals surface area (Å²) in [6.07, 6.45) is 1.79. The molecular weight excluding hydrogens is 1020 g/mol. The van der Waals surface area contributed by atoms with Crippen LogP contribution in [0, 0.1) is 31.7 Å². The van der Waals surface area contributed by atoms with Crippen molar-refractivity contribution >= 4 is 33.0 Å². The van der Waals surface area contributed by atoms with Crippen molar-refractivity contribution in [2.24, 2.45) is 0 Å². The van der Waals surface area contributed by atoms with E-state index in [2.05, 4.69) is 131 Å². The number of nitrogens with zero attached hydrogens (tertiary/aromatic N) is 4. The topological polar surface area (TPSA) is 56.7 Å². The van der Waals surface area contributed by atoms with Gasteiger partial charge in [0.2, 0.25) is 0 Å². The summed E-state index contributed by atoms with van der Waals surface area (Å²) in [5.74, 6) is 0.868. The Bertz CT molecular complexity index is 3700. The van der Waals surface area contributed by atoms with Crippen molar-refractivity contribution in [1.29, 1.82) is 0 Å². The molecule has 6 aromatic carbocycles. The minimum atomic E-state index is -2.58. The quantitative estimate of drug-likeness (QED) is 0.156. The monoisotopic (exact) mass is 1080 g/mol. The van der Waals surface area contributed by atoms with Gasteiger partial charge in [0.25, 0.3) is 0 Å². The number of halogens is 1. The molecular formula is C61H55FIrN4O-2. The SMILES string of the molecule is CC1(C)c2cc(F)c[c-]c2-c2ncccc2C1(C)C.[2H]C([2H])([2H])c1cc(-c2ccc3c(c2)oc2c(-c4nc5ccccc5n4-c4c(C(C)C)cc(-c5ccccc5)cc4C(C)C)[c-]ccc23)cc(C([2H])([2H])[2H])n1.[Ir]. The number of benzene rings is 6. The molecule has 0 spiro atoms. The maximum atomic E-state index is 13.6. The van der Waals surface area contributed by atoms with E-state index in [1.165, 1.54) is 46.0 Å². The van der Waals surface area contributed by atoms with E-state index in [0.29, 0.717) is 33.7 Å². The van der Waals surface area contributed by atoms with E-state index in [1.54, 1.807) is 12.3 Å². The second kappa shape index (κ2) is 17.8. The molecule has 0 aliphatic heterocycles. The van der Waals surface area contributed by atoms with Gasteiger partial charge in [0, 0.05) is 62.8 Å².